The van der Waals surface area contributed by atoms with Crippen molar-refractivity contribution in [1.82, 2.24) is 0 Å². The molecule has 0 fully saturated rings. The highest BCUT2D eigenvalue weighted by Crippen LogP contribution is 2.34. The molecule has 0 aliphatic rings. The van der Waals surface area contributed by atoms with Crippen LogP contribution in [0, 0.1) is 10.8 Å². The summed E-state index contributed by atoms with van der Waals surface area (Å²) in [5, 5.41) is 17.1. The molecular formula is C19H31NO. The Hall–Kier alpha value is -1.15. The first kappa shape index (κ1) is 17.9. The molecule has 0 aromatic heterocycles. The van der Waals surface area contributed by atoms with Gasteiger partial charge in [0.1, 0.15) is 0 Å². The lowest BCUT2D eigenvalue weighted by Gasteiger charge is -2.29. The van der Waals surface area contributed by atoms with Crippen LogP contribution in [0.25, 0.3) is 0 Å². The fraction of sp³-hybridized carbons (Fsp3) is 0.632. The van der Waals surface area contributed by atoms with E-state index in [2.05, 4.69) is 32.9 Å². The summed E-state index contributed by atoms with van der Waals surface area (Å²) in [6.07, 6.45) is 8.47. The molecule has 2 nitrogen and oxygen atoms in total. The minimum atomic E-state index is -0.542. The highest BCUT2D eigenvalue weighted by molar-refractivity contribution is 5.54. The topological polar surface area (TPSA) is 44.1 Å². The Balaban J connectivity index is 2.69. The van der Waals surface area contributed by atoms with Gasteiger partial charge < -0.3 is 10.5 Å². The van der Waals surface area contributed by atoms with E-state index < -0.39 is 6.10 Å². The SMILES string of the molecule is CCCC(C)(CCC)CCc1cccc(C(O)CC=N)c1. The van der Waals surface area contributed by atoms with Crippen molar-refractivity contribution in [3.63, 3.8) is 0 Å². The standard InChI is InChI=1S/C19H31NO/c1-4-11-19(3,12-5-2)13-9-16-7-6-8-17(15-16)18(21)10-14-20/h6-8,14-15,18,20-21H,4-5,9-13H2,1-3H3. The summed E-state index contributed by atoms with van der Waals surface area (Å²) in [4.78, 5) is 0. The molecule has 2 heteroatoms. The van der Waals surface area contributed by atoms with Crippen molar-refractivity contribution in [3.8, 4) is 0 Å². The Morgan fingerprint density at radius 2 is 1.86 bits per heavy atom. The molecule has 0 saturated heterocycles. The fourth-order valence-electron chi connectivity index (χ4n) is 3.23. The van der Waals surface area contributed by atoms with Gasteiger partial charge in [-0.25, -0.2) is 0 Å². The fourth-order valence-corrected chi connectivity index (χ4v) is 3.23. The van der Waals surface area contributed by atoms with Gasteiger partial charge in [0.15, 0.2) is 0 Å². The molecule has 1 aromatic rings. The molecule has 0 amide bonds. The lowest BCUT2D eigenvalue weighted by Crippen LogP contribution is -2.17. The summed E-state index contributed by atoms with van der Waals surface area (Å²) >= 11 is 0. The first-order valence-electron chi connectivity index (χ1n) is 8.30. The smallest absolute Gasteiger partial charge is 0.0839 e. The molecule has 0 bridgehead atoms. The molecular weight excluding hydrogens is 258 g/mol. The van der Waals surface area contributed by atoms with E-state index in [0.29, 0.717) is 11.8 Å². The van der Waals surface area contributed by atoms with Crippen LogP contribution in [0.3, 0.4) is 0 Å². The van der Waals surface area contributed by atoms with Gasteiger partial charge in [0.05, 0.1) is 6.10 Å². The van der Waals surface area contributed by atoms with E-state index in [4.69, 9.17) is 5.41 Å². The van der Waals surface area contributed by atoms with Gasteiger partial charge in [0, 0.05) is 6.42 Å². The molecule has 1 aromatic carbocycles. The number of nitrogens with one attached hydrogen (secondary N) is 1. The zero-order chi connectivity index (χ0) is 15.7. The van der Waals surface area contributed by atoms with E-state index in [1.807, 2.05) is 12.1 Å². The summed E-state index contributed by atoms with van der Waals surface area (Å²) in [6.45, 7) is 6.94. The van der Waals surface area contributed by atoms with Crippen LogP contribution in [0.15, 0.2) is 24.3 Å². The van der Waals surface area contributed by atoms with Crippen molar-refractivity contribution in [2.24, 2.45) is 5.41 Å². The van der Waals surface area contributed by atoms with Crippen LogP contribution in [-0.4, -0.2) is 11.3 Å². The second kappa shape index (κ2) is 8.99. The molecule has 1 unspecified atom stereocenters. The number of aliphatic hydroxyl groups is 1. The van der Waals surface area contributed by atoms with Gasteiger partial charge in [-0.3, -0.25) is 0 Å². The van der Waals surface area contributed by atoms with E-state index >= 15 is 0 Å². The van der Waals surface area contributed by atoms with Gasteiger partial charge >= 0.3 is 0 Å². The second-order valence-corrected chi connectivity index (χ2v) is 6.51. The maximum Gasteiger partial charge on any atom is 0.0839 e. The minimum Gasteiger partial charge on any atom is -0.388 e. The number of aliphatic hydroxyl groups excluding tert-OH is 1. The molecule has 0 saturated carbocycles. The summed E-state index contributed by atoms with van der Waals surface area (Å²) in [6, 6.07) is 8.23. The average Bonchev–Trinajstić information content (AvgIpc) is 2.46. The molecule has 0 spiro atoms. The molecule has 2 N–H and O–H groups in total. The van der Waals surface area contributed by atoms with E-state index in [1.54, 1.807) is 0 Å². The van der Waals surface area contributed by atoms with Crippen molar-refractivity contribution in [2.75, 3.05) is 0 Å². The number of benzene rings is 1. The molecule has 0 aliphatic heterocycles. The summed E-state index contributed by atoms with van der Waals surface area (Å²) in [5.74, 6) is 0. The third-order valence-electron chi connectivity index (χ3n) is 4.40. The predicted molar refractivity (Wildman–Crippen MR) is 91.0 cm³/mol. The largest absolute Gasteiger partial charge is 0.388 e. The van der Waals surface area contributed by atoms with Gasteiger partial charge in [0.2, 0.25) is 0 Å². The van der Waals surface area contributed by atoms with Crippen molar-refractivity contribution < 1.29 is 5.11 Å². The van der Waals surface area contributed by atoms with Gasteiger partial charge in [-0.2, -0.15) is 0 Å². The Morgan fingerprint density at radius 3 is 2.43 bits per heavy atom. The van der Waals surface area contributed by atoms with Gasteiger partial charge in [-0.1, -0.05) is 57.9 Å². The van der Waals surface area contributed by atoms with E-state index in [1.165, 1.54) is 43.9 Å². The third-order valence-corrected chi connectivity index (χ3v) is 4.40. The second-order valence-electron chi connectivity index (χ2n) is 6.51. The zero-order valence-corrected chi connectivity index (χ0v) is 13.9. The monoisotopic (exact) mass is 289 g/mol. The van der Waals surface area contributed by atoms with E-state index in [9.17, 15) is 5.11 Å². The number of hydrogen-bond acceptors (Lipinski definition) is 2. The normalized spacial score (nSPS) is 13.1. The van der Waals surface area contributed by atoms with Crippen LogP contribution in [0.1, 0.15) is 76.5 Å². The lowest BCUT2D eigenvalue weighted by atomic mass is 9.76. The van der Waals surface area contributed by atoms with Crippen LogP contribution in [0.5, 0.6) is 0 Å². The minimum absolute atomic E-state index is 0.396. The number of rotatable bonds is 10. The third kappa shape index (κ3) is 6.01. The summed E-state index contributed by atoms with van der Waals surface area (Å²) in [7, 11) is 0. The number of aryl methyl sites for hydroxylation is 1. The molecule has 118 valence electrons. The molecule has 1 atom stereocenters. The van der Waals surface area contributed by atoms with Gasteiger partial charge in [0.25, 0.3) is 0 Å². The van der Waals surface area contributed by atoms with Gasteiger partial charge in [-0.05, 0) is 48.4 Å². The van der Waals surface area contributed by atoms with E-state index in [-0.39, 0.29) is 0 Å². The van der Waals surface area contributed by atoms with Crippen LogP contribution < -0.4 is 0 Å². The Morgan fingerprint density at radius 1 is 1.19 bits per heavy atom. The summed E-state index contributed by atoms with van der Waals surface area (Å²) < 4.78 is 0. The molecule has 21 heavy (non-hydrogen) atoms. The van der Waals surface area contributed by atoms with Crippen molar-refractivity contribution >= 4 is 6.21 Å². The van der Waals surface area contributed by atoms with Crippen LogP contribution >= 0.6 is 0 Å². The Labute approximate surface area is 130 Å². The number of hydrogen-bond donors (Lipinski definition) is 2. The Bertz CT molecular complexity index is 421. The van der Waals surface area contributed by atoms with Crippen LogP contribution in [0.2, 0.25) is 0 Å². The summed E-state index contributed by atoms with van der Waals surface area (Å²) in [5.41, 5.74) is 2.67. The van der Waals surface area contributed by atoms with E-state index in [0.717, 1.165) is 12.0 Å². The quantitative estimate of drug-likeness (QED) is 0.564. The predicted octanol–water partition coefficient (Wildman–Crippen LogP) is 5.30. The van der Waals surface area contributed by atoms with Crippen molar-refractivity contribution in [3.05, 3.63) is 35.4 Å². The van der Waals surface area contributed by atoms with Crippen LogP contribution in [-0.2, 0) is 6.42 Å². The molecule has 1 rings (SSSR count). The maximum absolute atomic E-state index is 9.99. The van der Waals surface area contributed by atoms with Crippen molar-refractivity contribution in [2.45, 2.75) is 71.8 Å². The zero-order valence-electron chi connectivity index (χ0n) is 13.9. The molecule has 0 radical (unpaired) electrons. The van der Waals surface area contributed by atoms with Crippen molar-refractivity contribution in [1.29, 1.82) is 5.41 Å². The van der Waals surface area contributed by atoms with Gasteiger partial charge in [-0.15, -0.1) is 0 Å². The first-order chi connectivity index (χ1) is 10.0. The maximum atomic E-state index is 9.99. The average molecular weight is 289 g/mol. The molecule has 0 heterocycles. The lowest BCUT2D eigenvalue weighted by molar-refractivity contribution is 0.187. The van der Waals surface area contributed by atoms with Crippen LogP contribution in [0.4, 0.5) is 0 Å². The highest BCUT2D eigenvalue weighted by atomic mass is 16.3. The molecule has 0 aliphatic carbocycles. The first-order valence-corrected chi connectivity index (χ1v) is 8.30. The highest BCUT2D eigenvalue weighted by Gasteiger charge is 2.21. The Kier molecular flexibility index (Phi) is 7.66.